The van der Waals surface area contributed by atoms with Gasteiger partial charge in [0.05, 0.1) is 11.5 Å². The quantitative estimate of drug-likeness (QED) is 0.780. The molecule has 0 saturated carbocycles. The molecular formula is C9H12N2O5S. The van der Waals surface area contributed by atoms with Gasteiger partial charge >= 0.3 is 5.97 Å². The molecule has 0 radical (unpaired) electrons. The molecule has 0 bridgehead atoms. The number of nitrogens with two attached hydrogens (primary N) is 1. The van der Waals surface area contributed by atoms with E-state index in [0.717, 1.165) is 0 Å². The number of carboxylic acids is 1. The number of anilines is 1. The molecule has 1 fully saturated rings. The number of hydrogen-bond donors (Lipinski definition) is 2. The summed E-state index contributed by atoms with van der Waals surface area (Å²) in [7, 11) is -3.13. The van der Waals surface area contributed by atoms with Crippen LogP contribution in [0.4, 0.5) is 5.82 Å². The highest BCUT2D eigenvalue weighted by Gasteiger charge is 2.33. The van der Waals surface area contributed by atoms with E-state index in [1.54, 1.807) is 0 Å². The van der Waals surface area contributed by atoms with Crippen LogP contribution in [-0.2, 0) is 9.84 Å². The summed E-state index contributed by atoms with van der Waals surface area (Å²) in [4.78, 5) is 11.0. The van der Waals surface area contributed by atoms with Crippen molar-refractivity contribution in [3.05, 3.63) is 11.3 Å². The molecule has 7 nitrogen and oxygen atoms in total. The fourth-order valence-electron chi connectivity index (χ4n) is 2.04. The van der Waals surface area contributed by atoms with Crippen molar-refractivity contribution in [1.82, 2.24) is 5.16 Å². The van der Waals surface area contributed by atoms with Gasteiger partial charge in [0.1, 0.15) is 5.56 Å². The predicted octanol–water partition coefficient (Wildman–Crippen LogP) is 0.247. The first-order valence-corrected chi connectivity index (χ1v) is 6.91. The zero-order valence-electron chi connectivity index (χ0n) is 8.92. The van der Waals surface area contributed by atoms with E-state index in [4.69, 9.17) is 15.4 Å². The minimum atomic E-state index is -3.13. The first-order valence-electron chi connectivity index (χ1n) is 5.09. The third-order valence-corrected chi connectivity index (χ3v) is 4.61. The molecule has 0 aliphatic carbocycles. The Hall–Kier alpha value is -1.57. The molecule has 1 aliphatic heterocycles. The lowest BCUT2D eigenvalue weighted by atomic mass is 9.99. The molecule has 3 N–H and O–H groups in total. The second kappa shape index (κ2) is 4.02. The Labute approximate surface area is 97.5 Å². The summed E-state index contributed by atoms with van der Waals surface area (Å²) < 4.78 is 27.8. The number of aromatic carboxylic acids is 1. The van der Waals surface area contributed by atoms with Crippen LogP contribution < -0.4 is 5.73 Å². The molecule has 1 unspecified atom stereocenters. The second-order valence-electron chi connectivity index (χ2n) is 4.07. The summed E-state index contributed by atoms with van der Waals surface area (Å²) in [6, 6.07) is 0. The fourth-order valence-corrected chi connectivity index (χ4v) is 3.74. The highest BCUT2D eigenvalue weighted by molar-refractivity contribution is 7.91. The lowest BCUT2D eigenvalue weighted by Gasteiger charge is -2.19. The Morgan fingerprint density at radius 1 is 1.53 bits per heavy atom. The summed E-state index contributed by atoms with van der Waals surface area (Å²) in [5.74, 6) is -1.84. The third kappa shape index (κ3) is 2.26. The Morgan fingerprint density at radius 3 is 2.82 bits per heavy atom. The average molecular weight is 260 g/mol. The van der Waals surface area contributed by atoms with Gasteiger partial charge in [0.25, 0.3) is 0 Å². The normalized spacial score (nSPS) is 23.4. The van der Waals surface area contributed by atoms with Crippen LogP contribution in [0.2, 0.25) is 0 Å². The van der Waals surface area contributed by atoms with E-state index in [1.165, 1.54) is 0 Å². The molecule has 1 atom stereocenters. The number of aromatic nitrogens is 1. The van der Waals surface area contributed by atoms with Crippen molar-refractivity contribution in [2.45, 2.75) is 18.8 Å². The van der Waals surface area contributed by atoms with Gasteiger partial charge in [-0.15, -0.1) is 0 Å². The van der Waals surface area contributed by atoms with Crippen molar-refractivity contribution in [2.24, 2.45) is 0 Å². The standard InChI is InChI=1S/C9H12N2O5S/c10-8-6(9(12)13)7(16-11-8)5-2-1-3-17(14,15)4-5/h5H,1-4H2,(H2,10,11)(H,12,13). The van der Waals surface area contributed by atoms with Crippen LogP contribution in [0.1, 0.15) is 34.9 Å². The summed E-state index contributed by atoms with van der Waals surface area (Å²) in [6.45, 7) is 0. The number of nitrogens with zero attached hydrogens (tertiary/aromatic N) is 1. The van der Waals surface area contributed by atoms with E-state index in [0.29, 0.717) is 12.8 Å². The monoisotopic (exact) mass is 260 g/mol. The Morgan fingerprint density at radius 2 is 2.24 bits per heavy atom. The zero-order valence-corrected chi connectivity index (χ0v) is 9.74. The van der Waals surface area contributed by atoms with Gasteiger partial charge in [-0.3, -0.25) is 0 Å². The van der Waals surface area contributed by atoms with Crippen LogP contribution in [0.15, 0.2) is 4.52 Å². The summed E-state index contributed by atoms with van der Waals surface area (Å²) in [6.07, 6.45) is 1.06. The maximum Gasteiger partial charge on any atom is 0.343 e. The molecule has 0 aromatic carbocycles. The maximum absolute atomic E-state index is 11.5. The predicted molar refractivity (Wildman–Crippen MR) is 58.5 cm³/mol. The Bertz CT molecular complexity index is 548. The van der Waals surface area contributed by atoms with Gasteiger partial charge in [0, 0.05) is 5.92 Å². The van der Waals surface area contributed by atoms with Gasteiger partial charge in [0.15, 0.2) is 21.4 Å². The fraction of sp³-hybridized carbons (Fsp3) is 0.556. The molecule has 94 valence electrons. The summed E-state index contributed by atoms with van der Waals surface area (Å²) >= 11 is 0. The second-order valence-corrected chi connectivity index (χ2v) is 6.29. The molecule has 1 aromatic heterocycles. The number of carboxylic acid groups (broad SMARTS) is 1. The highest BCUT2D eigenvalue weighted by atomic mass is 32.2. The smallest absolute Gasteiger partial charge is 0.343 e. The third-order valence-electron chi connectivity index (χ3n) is 2.79. The van der Waals surface area contributed by atoms with Gasteiger partial charge in [-0.2, -0.15) is 0 Å². The molecule has 1 aliphatic rings. The molecule has 0 spiro atoms. The molecule has 8 heteroatoms. The minimum absolute atomic E-state index is 0.0678. The van der Waals surface area contributed by atoms with Crippen molar-refractivity contribution in [1.29, 1.82) is 0 Å². The van der Waals surface area contributed by atoms with Crippen molar-refractivity contribution in [3.63, 3.8) is 0 Å². The largest absolute Gasteiger partial charge is 0.477 e. The first-order chi connectivity index (χ1) is 7.91. The van der Waals surface area contributed by atoms with E-state index < -0.39 is 21.7 Å². The lowest BCUT2D eigenvalue weighted by molar-refractivity contribution is 0.0694. The molecule has 1 aromatic rings. The van der Waals surface area contributed by atoms with Crippen molar-refractivity contribution in [2.75, 3.05) is 17.2 Å². The average Bonchev–Trinajstić information content (AvgIpc) is 2.58. The molecule has 1 saturated heterocycles. The Kier molecular flexibility index (Phi) is 2.82. The van der Waals surface area contributed by atoms with E-state index in [1.807, 2.05) is 0 Å². The first kappa shape index (κ1) is 11.9. The lowest BCUT2D eigenvalue weighted by Crippen LogP contribution is -2.24. The van der Waals surface area contributed by atoms with Crippen LogP contribution in [0.3, 0.4) is 0 Å². The Balaban J connectivity index is 2.38. The van der Waals surface area contributed by atoms with Crippen molar-refractivity contribution >= 4 is 21.6 Å². The number of sulfone groups is 1. The van der Waals surface area contributed by atoms with Gasteiger partial charge in [-0.05, 0) is 12.8 Å². The van der Waals surface area contributed by atoms with Crippen LogP contribution in [0, 0.1) is 0 Å². The summed E-state index contributed by atoms with van der Waals surface area (Å²) in [5.41, 5.74) is 5.17. The molecule has 0 amide bonds. The van der Waals surface area contributed by atoms with E-state index in [2.05, 4.69) is 5.16 Å². The topological polar surface area (TPSA) is 123 Å². The molecule has 2 heterocycles. The van der Waals surface area contributed by atoms with E-state index in [-0.39, 0.29) is 28.6 Å². The van der Waals surface area contributed by atoms with Crippen molar-refractivity contribution < 1.29 is 22.8 Å². The van der Waals surface area contributed by atoms with E-state index >= 15 is 0 Å². The van der Waals surface area contributed by atoms with Gasteiger partial charge in [-0.25, -0.2) is 13.2 Å². The number of carbonyl (C=O) groups is 1. The number of rotatable bonds is 2. The van der Waals surface area contributed by atoms with Crippen molar-refractivity contribution in [3.8, 4) is 0 Å². The van der Waals surface area contributed by atoms with Crippen LogP contribution >= 0.6 is 0 Å². The molecule has 17 heavy (non-hydrogen) atoms. The molecular weight excluding hydrogens is 248 g/mol. The zero-order chi connectivity index (χ0) is 12.6. The number of nitrogen functional groups attached to an aromatic ring is 1. The van der Waals surface area contributed by atoms with Gasteiger partial charge in [0.2, 0.25) is 0 Å². The molecule has 2 rings (SSSR count). The summed E-state index contributed by atoms with van der Waals surface area (Å²) in [5, 5.41) is 12.4. The number of hydrogen-bond acceptors (Lipinski definition) is 6. The van der Waals surface area contributed by atoms with Gasteiger partial charge < -0.3 is 15.4 Å². The van der Waals surface area contributed by atoms with Gasteiger partial charge in [-0.1, -0.05) is 5.16 Å². The maximum atomic E-state index is 11.5. The highest BCUT2D eigenvalue weighted by Crippen LogP contribution is 2.32. The van der Waals surface area contributed by atoms with E-state index in [9.17, 15) is 13.2 Å². The van der Waals surface area contributed by atoms with Crippen LogP contribution in [0.5, 0.6) is 0 Å². The van der Waals surface area contributed by atoms with Crippen LogP contribution in [0.25, 0.3) is 0 Å². The minimum Gasteiger partial charge on any atom is -0.477 e. The SMILES string of the molecule is Nc1noc(C2CCCS(=O)(=O)C2)c1C(=O)O. The van der Waals surface area contributed by atoms with Crippen LogP contribution in [-0.4, -0.2) is 36.2 Å².